The molecule has 0 fully saturated rings. The van der Waals surface area contributed by atoms with E-state index in [1.54, 1.807) is 10.9 Å². The zero-order valence-corrected chi connectivity index (χ0v) is 10.1. The molecule has 0 aliphatic rings. The second kappa shape index (κ2) is 4.06. The highest BCUT2D eigenvalue weighted by molar-refractivity contribution is 5.52. The van der Waals surface area contributed by atoms with E-state index in [1.165, 1.54) is 11.1 Å². The molecule has 1 N–H and O–H groups in total. The number of nitrogens with zero attached hydrogens (tertiary/aromatic N) is 5. The van der Waals surface area contributed by atoms with E-state index in [0.717, 1.165) is 11.3 Å². The fraction of sp³-hybridized carbons (Fsp3) is 0.167. The molecule has 0 radical (unpaired) electrons. The molecule has 6 nitrogen and oxygen atoms in total. The summed E-state index contributed by atoms with van der Waals surface area (Å²) >= 11 is 0. The first kappa shape index (κ1) is 10.6. The predicted molar refractivity (Wildman–Crippen MR) is 66.2 cm³/mol. The highest BCUT2D eigenvalue weighted by atomic mass is 15.5. The Labute approximate surface area is 104 Å². The van der Waals surface area contributed by atoms with Crippen LogP contribution in [0.2, 0.25) is 0 Å². The van der Waals surface area contributed by atoms with Crippen LogP contribution in [0.15, 0.2) is 30.6 Å². The van der Waals surface area contributed by atoms with Crippen LogP contribution >= 0.6 is 0 Å². The van der Waals surface area contributed by atoms with Crippen LogP contribution < -0.4 is 0 Å². The summed E-state index contributed by atoms with van der Waals surface area (Å²) < 4.78 is 1.80. The molecule has 0 bridgehead atoms. The van der Waals surface area contributed by atoms with Gasteiger partial charge in [-0.3, -0.25) is 0 Å². The largest absolute Gasteiger partial charge is 0.240 e. The third kappa shape index (κ3) is 1.77. The maximum atomic E-state index is 4.31. The van der Waals surface area contributed by atoms with Crippen LogP contribution in [0, 0.1) is 13.8 Å². The molecule has 1 aromatic carbocycles. The summed E-state index contributed by atoms with van der Waals surface area (Å²) in [4.78, 5) is 0. The molecule has 0 saturated heterocycles. The quantitative estimate of drug-likeness (QED) is 0.739. The first-order chi connectivity index (χ1) is 8.74. The van der Waals surface area contributed by atoms with Crippen molar-refractivity contribution in [1.29, 1.82) is 0 Å². The molecule has 0 spiro atoms. The van der Waals surface area contributed by atoms with Gasteiger partial charge in [0.1, 0.15) is 0 Å². The van der Waals surface area contributed by atoms with Crippen molar-refractivity contribution in [2.45, 2.75) is 13.8 Å². The van der Waals surface area contributed by atoms with Crippen LogP contribution in [-0.4, -0.2) is 30.4 Å². The molecule has 3 aromatic rings. The maximum Gasteiger partial charge on any atom is 0.207 e. The number of aryl methyl sites for hydroxylation is 2. The number of nitrogens with one attached hydrogen (secondary N) is 1. The fourth-order valence-corrected chi connectivity index (χ4v) is 1.73. The van der Waals surface area contributed by atoms with Gasteiger partial charge in [-0.1, -0.05) is 6.07 Å². The van der Waals surface area contributed by atoms with Gasteiger partial charge in [0.05, 0.1) is 17.4 Å². The predicted octanol–water partition coefficient (Wildman–Crippen LogP) is 1.67. The van der Waals surface area contributed by atoms with Crippen molar-refractivity contribution in [2.75, 3.05) is 0 Å². The average Bonchev–Trinajstić information content (AvgIpc) is 3.01. The van der Waals surface area contributed by atoms with Gasteiger partial charge in [-0.15, -0.1) is 10.2 Å². The lowest BCUT2D eigenvalue weighted by Gasteiger charge is -2.04. The van der Waals surface area contributed by atoms with E-state index in [0.29, 0.717) is 5.82 Å². The highest BCUT2D eigenvalue weighted by Gasteiger charge is 2.07. The van der Waals surface area contributed by atoms with E-state index in [2.05, 4.69) is 51.7 Å². The van der Waals surface area contributed by atoms with E-state index in [9.17, 15) is 0 Å². The Bertz CT molecular complexity index is 668. The summed E-state index contributed by atoms with van der Waals surface area (Å²) in [6.07, 6.45) is 3.61. The van der Waals surface area contributed by atoms with Crippen molar-refractivity contribution in [3.05, 3.63) is 41.7 Å². The Balaban J connectivity index is 2.00. The zero-order chi connectivity index (χ0) is 12.5. The number of H-pyrrole nitrogens is 1. The SMILES string of the molecule is Cc1ccc(-n2cc(-c3nn[nH]n3)cn2)cc1C. The molecule has 0 unspecified atom stereocenters. The lowest BCUT2D eigenvalue weighted by atomic mass is 10.1. The van der Waals surface area contributed by atoms with Crippen LogP contribution in [-0.2, 0) is 0 Å². The summed E-state index contributed by atoms with van der Waals surface area (Å²) in [5, 5.41) is 18.1. The number of benzene rings is 1. The normalized spacial score (nSPS) is 10.8. The number of rotatable bonds is 2. The number of aromatic amines is 1. The number of tetrazole rings is 1. The molecule has 0 amide bonds. The summed E-state index contributed by atoms with van der Waals surface area (Å²) in [7, 11) is 0. The van der Waals surface area contributed by atoms with Crippen LogP contribution in [0.4, 0.5) is 0 Å². The van der Waals surface area contributed by atoms with Gasteiger partial charge >= 0.3 is 0 Å². The molecular formula is C12H12N6. The Hall–Kier alpha value is -2.50. The van der Waals surface area contributed by atoms with Crippen LogP contribution in [0.25, 0.3) is 17.1 Å². The van der Waals surface area contributed by atoms with Gasteiger partial charge in [-0.2, -0.15) is 10.3 Å². The lowest BCUT2D eigenvalue weighted by molar-refractivity contribution is 0.878. The van der Waals surface area contributed by atoms with E-state index < -0.39 is 0 Å². The van der Waals surface area contributed by atoms with Crippen molar-refractivity contribution in [3.8, 4) is 17.1 Å². The second-order valence-electron chi connectivity index (χ2n) is 4.18. The first-order valence-corrected chi connectivity index (χ1v) is 5.60. The van der Waals surface area contributed by atoms with Crippen molar-refractivity contribution < 1.29 is 0 Å². The van der Waals surface area contributed by atoms with E-state index in [1.807, 2.05) is 12.3 Å². The van der Waals surface area contributed by atoms with Crippen molar-refractivity contribution in [2.24, 2.45) is 0 Å². The molecule has 90 valence electrons. The van der Waals surface area contributed by atoms with Crippen LogP contribution in [0.3, 0.4) is 0 Å². The Morgan fingerprint density at radius 2 is 2.06 bits per heavy atom. The van der Waals surface area contributed by atoms with Gasteiger partial charge in [0.2, 0.25) is 5.82 Å². The molecule has 18 heavy (non-hydrogen) atoms. The minimum absolute atomic E-state index is 0.546. The number of aromatic nitrogens is 6. The van der Waals surface area contributed by atoms with Crippen molar-refractivity contribution >= 4 is 0 Å². The summed E-state index contributed by atoms with van der Waals surface area (Å²) in [5.74, 6) is 0.546. The minimum atomic E-state index is 0.546. The third-order valence-electron chi connectivity index (χ3n) is 2.94. The van der Waals surface area contributed by atoms with Crippen LogP contribution in [0.1, 0.15) is 11.1 Å². The number of hydrogen-bond acceptors (Lipinski definition) is 4. The van der Waals surface area contributed by atoms with E-state index >= 15 is 0 Å². The van der Waals surface area contributed by atoms with Gasteiger partial charge < -0.3 is 0 Å². The average molecular weight is 240 g/mol. The van der Waals surface area contributed by atoms with Gasteiger partial charge in [-0.25, -0.2) is 4.68 Å². The summed E-state index contributed by atoms with van der Waals surface area (Å²) in [6.45, 7) is 4.18. The molecular weight excluding hydrogens is 228 g/mol. The standard InChI is InChI=1S/C12H12N6/c1-8-3-4-11(5-9(8)2)18-7-10(6-13-18)12-14-16-17-15-12/h3-7H,1-2H3,(H,14,15,16,17). The highest BCUT2D eigenvalue weighted by Crippen LogP contribution is 2.17. The van der Waals surface area contributed by atoms with Crippen LogP contribution in [0.5, 0.6) is 0 Å². The van der Waals surface area contributed by atoms with Gasteiger partial charge in [0.25, 0.3) is 0 Å². The first-order valence-electron chi connectivity index (χ1n) is 5.60. The van der Waals surface area contributed by atoms with Crippen molar-refractivity contribution in [3.63, 3.8) is 0 Å². The molecule has 6 heteroatoms. The van der Waals surface area contributed by atoms with Gasteiger partial charge in [-0.05, 0) is 42.3 Å². The maximum absolute atomic E-state index is 4.31. The summed E-state index contributed by atoms with van der Waals surface area (Å²) in [5.41, 5.74) is 4.36. The minimum Gasteiger partial charge on any atom is -0.240 e. The Morgan fingerprint density at radius 1 is 1.17 bits per heavy atom. The Morgan fingerprint density at radius 3 is 2.78 bits per heavy atom. The lowest BCUT2D eigenvalue weighted by Crippen LogP contribution is -1.95. The van der Waals surface area contributed by atoms with Gasteiger partial charge in [0, 0.05) is 6.20 Å². The Kier molecular flexibility index (Phi) is 2.40. The van der Waals surface area contributed by atoms with E-state index in [4.69, 9.17) is 0 Å². The number of hydrogen-bond donors (Lipinski definition) is 1. The van der Waals surface area contributed by atoms with E-state index in [-0.39, 0.29) is 0 Å². The monoisotopic (exact) mass is 240 g/mol. The molecule has 0 atom stereocenters. The summed E-state index contributed by atoms with van der Waals surface area (Å²) in [6, 6.07) is 6.22. The molecule has 2 aromatic heterocycles. The topological polar surface area (TPSA) is 72.3 Å². The molecule has 0 aliphatic carbocycles. The third-order valence-corrected chi connectivity index (χ3v) is 2.94. The van der Waals surface area contributed by atoms with Gasteiger partial charge in [0.15, 0.2) is 0 Å². The zero-order valence-electron chi connectivity index (χ0n) is 10.1. The smallest absolute Gasteiger partial charge is 0.207 e. The fourth-order valence-electron chi connectivity index (χ4n) is 1.73. The van der Waals surface area contributed by atoms with Crippen molar-refractivity contribution in [1.82, 2.24) is 30.4 Å². The molecule has 3 rings (SSSR count). The second-order valence-corrected chi connectivity index (χ2v) is 4.18. The molecule has 2 heterocycles. The molecule has 0 aliphatic heterocycles. The molecule has 0 saturated carbocycles.